The highest BCUT2D eigenvalue weighted by molar-refractivity contribution is 5.45. The van der Waals surface area contributed by atoms with Crippen LogP contribution in [0.1, 0.15) is 39.0 Å². The van der Waals surface area contributed by atoms with Crippen molar-refractivity contribution in [1.82, 2.24) is 9.88 Å². The molecule has 3 nitrogen and oxygen atoms in total. The third kappa shape index (κ3) is 4.09. The number of anilines is 1. The Bertz CT molecular complexity index is 484. The van der Waals surface area contributed by atoms with Crippen LogP contribution in [0.15, 0.2) is 0 Å². The van der Waals surface area contributed by atoms with Crippen LogP contribution in [0.25, 0.3) is 0 Å². The molecule has 0 amide bonds. The number of hydrogen-bond donors (Lipinski definition) is 1. The molecule has 1 aromatic rings. The van der Waals surface area contributed by atoms with E-state index in [2.05, 4.69) is 22.1 Å². The lowest BCUT2D eigenvalue weighted by Crippen LogP contribution is -2.38. The lowest BCUT2D eigenvalue weighted by molar-refractivity contribution is 0.158. The van der Waals surface area contributed by atoms with Gasteiger partial charge >= 0.3 is 0 Å². The molecule has 0 aliphatic carbocycles. The van der Waals surface area contributed by atoms with Crippen LogP contribution >= 0.6 is 0 Å². The van der Waals surface area contributed by atoms with Gasteiger partial charge in [-0.2, -0.15) is 22.5 Å². The number of nitrogens with one attached hydrogen (secondary N) is 1. The van der Waals surface area contributed by atoms with Crippen molar-refractivity contribution in [3.05, 3.63) is 23.5 Å². The smallest absolute Gasteiger partial charge is 0.253 e. The summed E-state index contributed by atoms with van der Waals surface area (Å²) in [7, 11) is 0. The summed E-state index contributed by atoms with van der Waals surface area (Å²) >= 11 is 0. The zero-order valence-corrected chi connectivity index (χ0v) is 12.6. The van der Waals surface area contributed by atoms with E-state index in [0.717, 1.165) is 19.5 Å². The van der Waals surface area contributed by atoms with Gasteiger partial charge in [-0.25, -0.2) is 0 Å². The maximum Gasteiger partial charge on any atom is 0.253 e. The fraction of sp³-hybridized carbons (Fsp3) is 0.667. The molecule has 1 aliphatic heterocycles. The molecule has 0 radical (unpaired) electrons. The molecular weight excluding hydrogens is 298 g/mol. The molecular formula is C15H21F4N3. The maximum atomic E-state index is 13.4. The number of aromatic nitrogens is 1. The molecule has 1 atom stereocenters. The van der Waals surface area contributed by atoms with Gasteiger partial charge in [-0.05, 0) is 45.7 Å². The fourth-order valence-corrected chi connectivity index (χ4v) is 2.79. The first kappa shape index (κ1) is 17.0. The highest BCUT2D eigenvalue weighted by Crippen LogP contribution is 2.22. The quantitative estimate of drug-likeness (QED) is 0.492. The van der Waals surface area contributed by atoms with Crippen molar-refractivity contribution >= 4 is 5.69 Å². The molecule has 0 spiro atoms. The zero-order valence-electron chi connectivity index (χ0n) is 12.6. The van der Waals surface area contributed by atoms with E-state index in [1.807, 2.05) is 0 Å². The largest absolute Gasteiger partial charge is 0.380 e. The first-order valence-corrected chi connectivity index (χ1v) is 7.68. The maximum absolute atomic E-state index is 13.4. The number of rotatable bonds is 6. The summed E-state index contributed by atoms with van der Waals surface area (Å²) in [4.78, 5) is 4.92. The van der Waals surface area contributed by atoms with E-state index < -0.39 is 29.2 Å². The first-order valence-electron chi connectivity index (χ1n) is 7.68. The van der Waals surface area contributed by atoms with Gasteiger partial charge in [-0.15, -0.1) is 0 Å². The first-order chi connectivity index (χ1) is 10.5. The van der Waals surface area contributed by atoms with Crippen LogP contribution < -0.4 is 5.32 Å². The van der Waals surface area contributed by atoms with E-state index >= 15 is 0 Å². The van der Waals surface area contributed by atoms with E-state index in [0.29, 0.717) is 12.5 Å². The predicted octanol–water partition coefficient (Wildman–Crippen LogP) is 3.70. The molecule has 0 aromatic carbocycles. The second kappa shape index (κ2) is 7.76. The molecule has 2 rings (SSSR count). The topological polar surface area (TPSA) is 28.2 Å². The van der Waals surface area contributed by atoms with Gasteiger partial charge in [-0.3, -0.25) is 0 Å². The average Bonchev–Trinajstić information content (AvgIpc) is 2.50. The number of pyridine rings is 1. The highest BCUT2D eigenvalue weighted by atomic mass is 19.2. The number of halogens is 4. The number of piperidine rings is 1. The van der Waals surface area contributed by atoms with Crippen LogP contribution in [-0.2, 0) is 0 Å². The van der Waals surface area contributed by atoms with E-state index in [1.165, 1.54) is 19.3 Å². The number of likely N-dealkylation sites (tertiary alicyclic amines) is 1. The molecule has 2 heterocycles. The van der Waals surface area contributed by atoms with Gasteiger partial charge in [0.25, 0.3) is 11.9 Å². The number of unbranched alkanes of at least 4 members (excludes halogenated alkanes) is 1. The van der Waals surface area contributed by atoms with Crippen molar-refractivity contribution in [2.45, 2.75) is 45.1 Å². The van der Waals surface area contributed by atoms with Gasteiger partial charge in [0.05, 0.1) is 0 Å². The molecule has 0 saturated carbocycles. The van der Waals surface area contributed by atoms with Gasteiger partial charge in [-0.1, -0.05) is 6.42 Å². The summed E-state index contributed by atoms with van der Waals surface area (Å²) in [6.07, 6.45) is 5.18. The van der Waals surface area contributed by atoms with Crippen LogP contribution in [0.2, 0.25) is 0 Å². The van der Waals surface area contributed by atoms with E-state index in [9.17, 15) is 17.6 Å². The Morgan fingerprint density at radius 3 is 2.41 bits per heavy atom. The summed E-state index contributed by atoms with van der Waals surface area (Å²) in [5.74, 6) is -6.24. The summed E-state index contributed by atoms with van der Waals surface area (Å²) < 4.78 is 52.6. The predicted molar refractivity (Wildman–Crippen MR) is 76.7 cm³/mol. The van der Waals surface area contributed by atoms with Crippen molar-refractivity contribution < 1.29 is 17.6 Å². The Morgan fingerprint density at radius 1 is 1.09 bits per heavy atom. The van der Waals surface area contributed by atoms with Crippen molar-refractivity contribution in [1.29, 1.82) is 0 Å². The minimum Gasteiger partial charge on any atom is -0.380 e. The Hall–Kier alpha value is -1.37. The third-order valence-corrected chi connectivity index (χ3v) is 4.11. The molecule has 22 heavy (non-hydrogen) atoms. The third-order valence-electron chi connectivity index (χ3n) is 4.11. The average molecular weight is 319 g/mol. The normalized spacial score (nSPS) is 19.4. The molecule has 1 fully saturated rings. The van der Waals surface area contributed by atoms with Gasteiger partial charge in [0.15, 0.2) is 0 Å². The minimum atomic E-state index is -1.64. The van der Waals surface area contributed by atoms with Gasteiger partial charge in [0.1, 0.15) is 5.69 Å². The molecule has 1 saturated heterocycles. The summed E-state index contributed by atoms with van der Waals surface area (Å²) in [5, 5.41) is 2.42. The van der Waals surface area contributed by atoms with Crippen molar-refractivity contribution in [2.75, 3.05) is 25.0 Å². The molecule has 1 unspecified atom stereocenters. The van der Waals surface area contributed by atoms with Crippen LogP contribution in [0.5, 0.6) is 0 Å². The lowest BCUT2D eigenvalue weighted by atomic mass is 10.0. The Morgan fingerprint density at radius 2 is 1.77 bits per heavy atom. The zero-order chi connectivity index (χ0) is 16.1. The van der Waals surface area contributed by atoms with E-state index in [1.54, 1.807) is 0 Å². The van der Waals surface area contributed by atoms with Crippen molar-refractivity contribution in [3.63, 3.8) is 0 Å². The van der Waals surface area contributed by atoms with Gasteiger partial charge in [0, 0.05) is 12.6 Å². The molecule has 124 valence electrons. The molecule has 1 aromatic heterocycles. The SMILES string of the molecule is CC1CCCCN1CCCCNc1c(F)c(F)nc(F)c1F. The van der Waals surface area contributed by atoms with E-state index in [-0.39, 0.29) is 6.54 Å². The molecule has 7 heteroatoms. The van der Waals surface area contributed by atoms with Crippen LogP contribution in [0.4, 0.5) is 23.2 Å². The summed E-state index contributed by atoms with van der Waals surface area (Å²) in [6, 6.07) is 0.569. The summed E-state index contributed by atoms with van der Waals surface area (Å²) in [6.45, 7) is 4.45. The molecule has 0 bridgehead atoms. The van der Waals surface area contributed by atoms with Crippen molar-refractivity contribution in [3.8, 4) is 0 Å². The van der Waals surface area contributed by atoms with Gasteiger partial charge < -0.3 is 10.2 Å². The minimum absolute atomic E-state index is 0.249. The highest BCUT2D eigenvalue weighted by Gasteiger charge is 2.20. The Labute approximate surface area is 127 Å². The second-order valence-electron chi connectivity index (χ2n) is 5.71. The van der Waals surface area contributed by atoms with Crippen molar-refractivity contribution in [2.24, 2.45) is 0 Å². The second-order valence-corrected chi connectivity index (χ2v) is 5.71. The lowest BCUT2D eigenvalue weighted by Gasteiger charge is -2.33. The molecule has 1 N–H and O–H groups in total. The standard InChI is InChI=1S/C15H21F4N3/c1-10-6-2-4-8-22(10)9-5-3-7-20-13-11(16)14(18)21-15(19)12(13)17/h10H,2-9H2,1H3,(H,20,21). The van der Waals surface area contributed by atoms with Crippen LogP contribution in [-0.4, -0.2) is 35.6 Å². The monoisotopic (exact) mass is 319 g/mol. The number of hydrogen-bond acceptors (Lipinski definition) is 3. The van der Waals surface area contributed by atoms with Crippen LogP contribution in [0.3, 0.4) is 0 Å². The number of nitrogens with zero attached hydrogens (tertiary/aromatic N) is 2. The van der Waals surface area contributed by atoms with Gasteiger partial charge in [0.2, 0.25) is 11.6 Å². The summed E-state index contributed by atoms with van der Waals surface area (Å²) in [5.41, 5.74) is -0.781. The fourth-order valence-electron chi connectivity index (χ4n) is 2.79. The Kier molecular flexibility index (Phi) is 5.99. The Balaban J connectivity index is 1.77. The molecule has 1 aliphatic rings. The van der Waals surface area contributed by atoms with E-state index in [4.69, 9.17) is 0 Å². The van der Waals surface area contributed by atoms with Crippen LogP contribution in [0, 0.1) is 23.5 Å².